The Kier molecular flexibility index (Phi) is 3.42. The van der Waals surface area contributed by atoms with Crippen molar-refractivity contribution in [1.29, 1.82) is 0 Å². The Morgan fingerprint density at radius 1 is 1.62 bits per heavy atom. The predicted molar refractivity (Wildman–Crippen MR) is 55.3 cm³/mol. The molecule has 0 aliphatic carbocycles. The first kappa shape index (κ1) is 10.2. The Morgan fingerprint density at radius 3 is 2.85 bits per heavy atom. The van der Waals surface area contributed by atoms with Gasteiger partial charge in [0.25, 0.3) is 5.56 Å². The normalized spacial score (nSPS) is 10.7. The van der Waals surface area contributed by atoms with Crippen molar-refractivity contribution in [2.45, 2.75) is 26.8 Å². The molecule has 0 radical (unpaired) electrons. The maximum Gasteiger partial charge on any atom is 0.251 e. The van der Waals surface area contributed by atoms with Crippen molar-refractivity contribution in [1.82, 2.24) is 9.55 Å². The van der Waals surface area contributed by atoms with Gasteiger partial charge in [-0.05, 0) is 24.6 Å². The van der Waals surface area contributed by atoms with Gasteiger partial charge in [-0.1, -0.05) is 13.8 Å². The SMILES string of the molecule is CC(C)CCn1ccc(=O)[nH]c1=S. The topological polar surface area (TPSA) is 37.8 Å². The first-order valence-electron chi connectivity index (χ1n) is 4.39. The van der Waals surface area contributed by atoms with Gasteiger partial charge in [-0.2, -0.15) is 0 Å². The summed E-state index contributed by atoms with van der Waals surface area (Å²) in [5, 5.41) is 0. The number of aromatic nitrogens is 2. The molecule has 13 heavy (non-hydrogen) atoms. The van der Waals surface area contributed by atoms with Crippen LogP contribution in [0.1, 0.15) is 20.3 Å². The van der Waals surface area contributed by atoms with E-state index in [2.05, 4.69) is 18.8 Å². The van der Waals surface area contributed by atoms with Crippen molar-refractivity contribution < 1.29 is 0 Å². The van der Waals surface area contributed by atoms with Crippen LogP contribution in [-0.4, -0.2) is 9.55 Å². The summed E-state index contributed by atoms with van der Waals surface area (Å²) < 4.78 is 2.39. The third-order valence-corrected chi connectivity index (χ3v) is 2.18. The van der Waals surface area contributed by atoms with Gasteiger partial charge in [0.2, 0.25) is 0 Å². The van der Waals surface area contributed by atoms with Gasteiger partial charge < -0.3 is 4.57 Å². The summed E-state index contributed by atoms with van der Waals surface area (Å²) in [6, 6.07) is 1.50. The molecule has 0 atom stereocenters. The van der Waals surface area contributed by atoms with E-state index >= 15 is 0 Å². The zero-order chi connectivity index (χ0) is 9.84. The molecule has 1 aromatic heterocycles. The third kappa shape index (κ3) is 3.14. The van der Waals surface area contributed by atoms with Crippen LogP contribution in [0.5, 0.6) is 0 Å². The smallest absolute Gasteiger partial charge is 0.251 e. The second kappa shape index (κ2) is 4.37. The minimum atomic E-state index is -0.134. The number of nitrogens with zero attached hydrogens (tertiary/aromatic N) is 1. The van der Waals surface area contributed by atoms with Gasteiger partial charge in [-0.15, -0.1) is 0 Å². The number of hydrogen-bond donors (Lipinski definition) is 1. The van der Waals surface area contributed by atoms with E-state index in [9.17, 15) is 4.79 Å². The molecule has 0 spiro atoms. The number of hydrogen-bond acceptors (Lipinski definition) is 2. The summed E-state index contributed by atoms with van der Waals surface area (Å²) in [5.74, 6) is 0.647. The van der Waals surface area contributed by atoms with E-state index in [-0.39, 0.29) is 5.56 Å². The molecule has 0 bridgehead atoms. The Labute approximate surface area is 82.4 Å². The molecule has 3 nitrogen and oxygen atoms in total. The highest BCUT2D eigenvalue weighted by Gasteiger charge is 1.96. The fourth-order valence-electron chi connectivity index (χ4n) is 1.02. The molecule has 1 heterocycles. The van der Waals surface area contributed by atoms with E-state index in [0.717, 1.165) is 13.0 Å². The van der Waals surface area contributed by atoms with Gasteiger partial charge in [0.05, 0.1) is 0 Å². The fourth-order valence-corrected chi connectivity index (χ4v) is 1.27. The fraction of sp³-hybridized carbons (Fsp3) is 0.556. The molecule has 0 unspecified atom stereocenters. The molecule has 4 heteroatoms. The minimum absolute atomic E-state index is 0.134. The van der Waals surface area contributed by atoms with Crippen LogP contribution in [0, 0.1) is 10.7 Å². The lowest BCUT2D eigenvalue weighted by molar-refractivity contribution is 0.507. The van der Waals surface area contributed by atoms with Crippen LogP contribution in [0.2, 0.25) is 0 Å². The van der Waals surface area contributed by atoms with Crippen LogP contribution in [0.4, 0.5) is 0 Å². The van der Waals surface area contributed by atoms with Gasteiger partial charge in [0.15, 0.2) is 4.77 Å². The van der Waals surface area contributed by atoms with Crippen LogP contribution >= 0.6 is 12.2 Å². The number of aryl methyl sites for hydroxylation is 1. The highest BCUT2D eigenvalue weighted by molar-refractivity contribution is 7.71. The second-order valence-electron chi connectivity index (χ2n) is 3.49. The van der Waals surface area contributed by atoms with Crippen LogP contribution in [-0.2, 0) is 6.54 Å². The molecule has 72 valence electrons. The summed E-state index contributed by atoms with van der Waals surface area (Å²) in [6.07, 6.45) is 2.81. The molecule has 0 saturated carbocycles. The van der Waals surface area contributed by atoms with E-state index in [1.165, 1.54) is 6.07 Å². The molecule has 0 amide bonds. The standard InChI is InChI=1S/C9H14N2OS/c1-7(2)3-5-11-6-4-8(12)10-9(11)13/h4,6-7H,3,5H2,1-2H3,(H,10,12,13). The zero-order valence-corrected chi connectivity index (χ0v) is 8.73. The number of aromatic amines is 1. The monoisotopic (exact) mass is 198 g/mol. The lowest BCUT2D eigenvalue weighted by Crippen LogP contribution is -2.12. The van der Waals surface area contributed by atoms with E-state index in [4.69, 9.17) is 12.2 Å². The Bertz CT molecular complexity index is 378. The summed E-state index contributed by atoms with van der Waals surface area (Å²) in [5.41, 5.74) is -0.134. The summed E-state index contributed by atoms with van der Waals surface area (Å²) in [6.45, 7) is 5.19. The highest BCUT2D eigenvalue weighted by Crippen LogP contribution is 2.01. The summed E-state index contributed by atoms with van der Waals surface area (Å²) in [7, 11) is 0. The molecule has 1 aromatic rings. The first-order valence-corrected chi connectivity index (χ1v) is 4.80. The average Bonchev–Trinajstić information content (AvgIpc) is 2.02. The Hall–Kier alpha value is -0.900. The van der Waals surface area contributed by atoms with Crippen molar-refractivity contribution in [3.63, 3.8) is 0 Å². The van der Waals surface area contributed by atoms with Crippen molar-refractivity contribution in [3.05, 3.63) is 27.4 Å². The van der Waals surface area contributed by atoms with Gasteiger partial charge in [0, 0.05) is 18.8 Å². The number of rotatable bonds is 3. The molecule has 0 saturated heterocycles. The molecule has 0 aromatic carbocycles. The third-order valence-electron chi connectivity index (χ3n) is 1.84. The predicted octanol–water partition coefficient (Wildman–Crippen LogP) is 1.95. The quantitative estimate of drug-likeness (QED) is 0.754. The summed E-state index contributed by atoms with van der Waals surface area (Å²) >= 11 is 5.00. The molecule has 1 N–H and O–H groups in total. The van der Waals surface area contributed by atoms with E-state index in [0.29, 0.717) is 10.7 Å². The van der Waals surface area contributed by atoms with Crippen LogP contribution < -0.4 is 5.56 Å². The summed E-state index contributed by atoms with van der Waals surface area (Å²) in [4.78, 5) is 13.4. The molecule has 1 rings (SSSR count). The largest absolute Gasteiger partial charge is 0.325 e. The van der Waals surface area contributed by atoms with Crippen molar-refractivity contribution in [2.24, 2.45) is 5.92 Å². The van der Waals surface area contributed by atoms with Crippen LogP contribution in [0.25, 0.3) is 0 Å². The number of nitrogens with one attached hydrogen (secondary N) is 1. The van der Waals surface area contributed by atoms with Gasteiger partial charge >= 0.3 is 0 Å². The van der Waals surface area contributed by atoms with E-state index in [1.54, 1.807) is 6.20 Å². The van der Waals surface area contributed by atoms with Crippen molar-refractivity contribution in [3.8, 4) is 0 Å². The molecule has 0 fully saturated rings. The van der Waals surface area contributed by atoms with Gasteiger partial charge in [-0.25, -0.2) is 0 Å². The average molecular weight is 198 g/mol. The first-order chi connectivity index (χ1) is 6.09. The minimum Gasteiger partial charge on any atom is -0.325 e. The Balaban J connectivity index is 2.79. The lowest BCUT2D eigenvalue weighted by Gasteiger charge is -2.07. The van der Waals surface area contributed by atoms with Crippen molar-refractivity contribution in [2.75, 3.05) is 0 Å². The van der Waals surface area contributed by atoms with Gasteiger partial charge in [-0.3, -0.25) is 9.78 Å². The maximum atomic E-state index is 10.8. The van der Waals surface area contributed by atoms with Gasteiger partial charge in [0.1, 0.15) is 0 Å². The second-order valence-corrected chi connectivity index (χ2v) is 3.87. The highest BCUT2D eigenvalue weighted by atomic mass is 32.1. The molecule has 0 aliphatic rings. The zero-order valence-electron chi connectivity index (χ0n) is 7.91. The lowest BCUT2D eigenvalue weighted by atomic mass is 10.1. The van der Waals surface area contributed by atoms with Crippen molar-refractivity contribution >= 4 is 12.2 Å². The maximum absolute atomic E-state index is 10.8. The molecular formula is C9H14N2OS. The number of H-pyrrole nitrogens is 1. The Morgan fingerprint density at radius 2 is 2.31 bits per heavy atom. The van der Waals surface area contributed by atoms with E-state index < -0.39 is 0 Å². The van der Waals surface area contributed by atoms with Crippen LogP contribution in [0.15, 0.2) is 17.1 Å². The molecular weight excluding hydrogens is 184 g/mol. The van der Waals surface area contributed by atoms with Crippen LogP contribution in [0.3, 0.4) is 0 Å². The molecule has 0 aliphatic heterocycles. The van der Waals surface area contributed by atoms with E-state index in [1.807, 2.05) is 4.57 Å².